The summed E-state index contributed by atoms with van der Waals surface area (Å²) in [5, 5.41) is 9.63. The molecular formula is C22H20N2O6S. The fourth-order valence-electron chi connectivity index (χ4n) is 2.74. The molecule has 1 heterocycles. The molecule has 9 heteroatoms. The van der Waals surface area contributed by atoms with Gasteiger partial charge in [0.2, 0.25) is 0 Å². The molecule has 2 aromatic rings. The van der Waals surface area contributed by atoms with E-state index in [0.29, 0.717) is 28.1 Å². The Morgan fingerprint density at radius 1 is 1.19 bits per heavy atom. The fourth-order valence-corrected chi connectivity index (χ4v) is 3.80. The average Bonchev–Trinajstić information content (AvgIpc) is 3.06. The number of aromatic carboxylic acids is 1. The number of ether oxygens (including phenoxy) is 2. The van der Waals surface area contributed by atoms with Gasteiger partial charge in [-0.05, 0) is 60.7 Å². The van der Waals surface area contributed by atoms with Gasteiger partial charge >= 0.3 is 11.9 Å². The van der Waals surface area contributed by atoms with Crippen LogP contribution < -0.4 is 4.74 Å². The van der Waals surface area contributed by atoms with E-state index in [2.05, 4.69) is 9.73 Å². The lowest BCUT2D eigenvalue weighted by Crippen LogP contribution is -2.28. The van der Waals surface area contributed by atoms with E-state index >= 15 is 0 Å². The van der Waals surface area contributed by atoms with Crippen LogP contribution in [0.4, 0.5) is 5.69 Å². The number of nitrogens with zero attached hydrogens (tertiary/aromatic N) is 2. The SMILES string of the molecule is CCN1C(=O)/C(=C\c2cccc(OCC(=O)OC)c2)SC1=Nc1cccc(C(=O)O)c1. The maximum atomic E-state index is 12.8. The van der Waals surface area contributed by atoms with Gasteiger partial charge in [-0.25, -0.2) is 14.6 Å². The minimum absolute atomic E-state index is 0.124. The summed E-state index contributed by atoms with van der Waals surface area (Å²) in [6.45, 7) is 2.05. The fraction of sp³-hybridized carbons (Fsp3) is 0.182. The first-order valence-corrected chi connectivity index (χ1v) is 10.2. The molecule has 1 N–H and O–H groups in total. The average molecular weight is 440 g/mol. The maximum Gasteiger partial charge on any atom is 0.343 e. The van der Waals surface area contributed by atoms with Gasteiger partial charge in [0.25, 0.3) is 5.91 Å². The molecule has 0 spiro atoms. The normalized spacial score (nSPS) is 16.1. The van der Waals surface area contributed by atoms with Crippen molar-refractivity contribution in [3.63, 3.8) is 0 Å². The number of rotatable bonds is 7. The number of thioether (sulfide) groups is 1. The van der Waals surface area contributed by atoms with E-state index < -0.39 is 11.9 Å². The second-order valence-corrected chi connectivity index (χ2v) is 7.36. The highest BCUT2D eigenvalue weighted by atomic mass is 32.2. The number of carboxylic acid groups (broad SMARTS) is 1. The van der Waals surface area contributed by atoms with E-state index in [1.807, 2.05) is 13.0 Å². The van der Waals surface area contributed by atoms with Gasteiger partial charge in [0.05, 0.1) is 23.3 Å². The predicted molar refractivity (Wildman–Crippen MR) is 117 cm³/mol. The first-order valence-electron chi connectivity index (χ1n) is 9.34. The van der Waals surface area contributed by atoms with E-state index in [1.165, 1.54) is 35.9 Å². The molecule has 2 aromatic carbocycles. The number of likely N-dealkylation sites (N-methyl/N-ethyl adjacent to an activating group) is 1. The van der Waals surface area contributed by atoms with Crippen molar-refractivity contribution in [3.8, 4) is 5.75 Å². The molecule has 31 heavy (non-hydrogen) atoms. The first kappa shape index (κ1) is 22.1. The Morgan fingerprint density at radius 3 is 2.68 bits per heavy atom. The summed E-state index contributed by atoms with van der Waals surface area (Å²) in [4.78, 5) is 41.7. The van der Waals surface area contributed by atoms with E-state index in [1.54, 1.807) is 36.4 Å². The lowest BCUT2D eigenvalue weighted by atomic mass is 10.2. The summed E-state index contributed by atoms with van der Waals surface area (Å²) < 4.78 is 9.94. The van der Waals surface area contributed by atoms with E-state index in [9.17, 15) is 14.4 Å². The molecule has 0 saturated carbocycles. The van der Waals surface area contributed by atoms with Gasteiger partial charge in [-0.3, -0.25) is 9.69 Å². The summed E-state index contributed by atoms with van der Waals surface area (Å²) in [7, 11) is 1.28. The summed E-state index contributed by atoms with van der Waals surface area (Å²) >= 11 is 1.21. The van der Waals surface area contributed by atoms with Gasteiger partial charge in [0.15, 0.2) is 11.8 Å². The highest BCUT2D eigenvalue weighted by Gasteiger charge is 2.32. The van der Waals surface area contributed by atoms with Crippen LogP contribution in [-0.2, 0) is 14.3 Å². The first-order chi connectivity index (χ1) is 14.9. The molecular weight excluding hydrogens is 420 g/mol. The zero-order valence-electron chi connectivity index (χ0n) is 16.9. The van der Waals surface area contributed by atoms with Crippen molar-refractivity contribution >= 4 is 46.5 Å². The number of carbonyl (C=O) groups excluding carboxylic acids is 2. The summed E-state index contributed by atoms with van der Waals surface area (Å²) in [5.74, 6) is -1.25. The zero-order valence-corrected chi connectivity index (χ0v) is 17.7. The van der Waals surface area contributed by atoms with Gasteiger partial charge in [0, 0.05) is 6.54 Å². The monoisotopic (exact) mass is 440 g/mol. The number of esters is 1. The van der Waals surface area contributed by atoms with Crippen molar-refractivity contribution in [1.29, 1.82) is 0 Å². The summed E-state index contributed by atoms with van der Waals surface area (Å²) in [5.41, 5.74) is 1.30. The predicted octanol–water partition coefficient (Wildman–Crippen LogP) is 3.56. The molecule has 160 valence electrons. The maximum absolute atomic E-state index is 12.8. The molecule has 0 radical (unpaired) electrons. The van der Waals surface area contributed by atoms with Crippen LogP contribution >= 0.6 is 11.8 Å². The van der Waals surface area contributed by atoms with Crippen LogP contribution in [0.1, 0.15) is 22.8 Å². The Kier molecular flexibility index (Phi) is 7.09. The molecule has 1 saturated heterocycles. The van der Waals surface area contributed by atoms with Crippen LogP contribution in [0.25, 0.3) is 6.08 Å². The lowest BCUT2D eigenvalue weighted by molar-refractivity contribution is -0.142. The number of hydrogen-bond donors (Lipinski definition) is 1. The number of amides is 1. The molecule has 0 bridgehead atoms. The molecule has 3 rings (SSSR count). The Morgan fingerprint density at radius 2 is 1.97 bits per heavy atom. The minimum Gasteiger partial charge on any atom is -0.482 e. The number of hydrogen-bond acceptors (Lipinski definition) is 7. The Hall–Kier alpha value is -3.59. The van der Waals surface area contributed by atoms with Crippen LogP contribution in [-0.4, -0.2) is 53.3 Å². The van der Waals surface area contributed by atoms with Gasteiger partial charge < -0.3 is 14.6 Å². The van der Waals surface area contributed by atoms with Crippen LogP contribution in [0.15, 0.2) is 58.4 Å². The van der Waals surface area contributed by atoms with Gasteiger partial charge in [-0.2, -0.15) is 0 Å². The number of benzene rings is 2. The number of aliphatic imine (C=N–C) groups is 1. The van der Waals surface area contributed by atoms with E-state index in [4.69, 9.17) is 9.84 Å². The largest absolute Gasteiger partial charge is 0.482 e. The van der Waals surface area contributed by atoms with Crippen LogP contribution in [0.5, 0.6) is 5.75 Å². The molecule has 1 amide bonds. The van der Waals surface area contributed by atoms with Crippen molar-refractivity contribution in [2.24, 2.45) is 4.99 Å². The van der Waals surface area contributed by atoms with Crippen molar-refractivity contribution in [3.05, 3.63) is 64.6 Å². The van der Waals surface area contributed by atoms with Gasteiger partial charge in [0.1, 0.15) is 5.75 Å². The third-order valence-electron chi connectivity index (χ3n) is 4.26. The van der Waals surface area contributed by atoms with Crippen molar-refractivity contribution in [2.45, 2.75) is 6.92 Å². The third kappa shape index (κ3) is 5.52. The molecule has 1 aliphatic heterocycles. The second kappa shape index (κ2) is 9.94. The molecule has 0 aliphatic carbocycles. The number of amidine groups is 1. The van der Waals surface area contributed by atoms with Gasteiger partial charge in [-0.1, -0.05) is 18.2 Å². The summed E-state index contributed by atoms with van der Waals surface area (Å²) in [6.07, 6.45) is 1.72. The van der Waals surface area contributed by atoms with Crippen molar-refractivity contribution < 1.29 is 29.0 Å². The molecule has 0 aromatic heterocycles. The quantitative estimate of drug-likeness (QED) is 0.518. The van der Waals surface area contributed by atoms with Gasteiger partial charge in [-0.15, -0.1) is 0 Å². The number of carbonyl (C=O) groups is 3. The minimum atomic E-state index is -1.04. The molecule has 8 nitrogen and oxygen atoms in total. The van der Waals surface area contributed by atoms with E-state index in [0.717, 1.165) is 5.56 Å². The van der Waals surface area contributed by atoms with Crippen molar-refractivity contribution in [2.75, 3.05) is 20.3 Å². The van der Waals surface area contributed by atoms with E-state index in [-0.39, 0.29) is 18.1 Å². The number of carboxylic acids is 1. The molecule has 0 atom stereocenters. The van der Waals surface area contributed by atoms with Crippen molar-refractivity contribution in [1.82, 2.24) is 4.90 Å². The Balaban J connectivity index is 1.84. The zero-order chi connectivity index (χ0) is 22.4. The molecule has 1 aliphatic rings. The van der Waals surface area contributed by atoms with Crippen LogP contribution in [0, 0.1) is 0 Å². The van der Waals surface area contributed by atoms with Crippen LogP contribution in [0.3, 0.4) is 0 Å². The second-order valence-electron chi connectivity index (χ2n) is 6.35. The summed E-state index contributed by atoms with van der Waals surface area (Å²) in [6, 6.07) is 13.2. The third-order valence-corrected chi connectivity index (χ3v) is 5.27. The highest BCUT2D eigenvalue weighted by Crippen LogP contribution is 2.34. The number of methoxy groups -OCH3 is 1. The Bertz CT molecular complexity index is 1080. The Labute approximate surface area is 183 Å². The lowest BCUT2D eigenvalue weighted by Gasteiger charge is -2.12. The standard InChI is InChI=1S/C22H20N2O6S/c1-3-24-20(26)18(11-14-6-4-9-17(10-14)30-13-19(25)29-2)31-22(24)23-16-8-5-7-15(12-16)21(27)28/h4-12H,3,13H2,1-2H3,(H,27,28)/b18-11+,23-22?. The molecule has 1 fully saturated rings. The smallest absolute Gasteiger partial charge is 0.343 e. The molecule has 0 unspecified atom stereocenters. The van der Waals surface area contributed by atoms with Crippen LogP contribution in [0.2, 0.25) is 0 Å². The topological polar surface area (TPSA) is 106 Å². The highest BCUT2D eigenvalue weighted by molar-refractivity contribution is 8.18.